The Kier molecular flexibility index (Phi) is 5.51. The molecule has 5 heterocycles. The molecule has 1 atom stereocenters. The van der Waals surface area contributed by atoms with E-state index in [2.05, 4.69) is 51.3 Å². The largest absolute Gasteiger partial charge is 0.378 e. The zero-order valence-corrected chi connectivity index (χ0v) is 18.9. The number of hydrogen-bond donors (Lipinski definition) is 1. The average molecular weight is 436 g/mol. The third kappa shape index (κ3) is 3.88. The maximum absolute atomic E-state index is 6.22. The van der Waals surface area contributed by atoms with Crippen LogP contribution in [0.25, 0.3) is 0 Å². The van der Waals surface area contributed by atoms with Crippen LogP contribution >= 0.6 is 0 Å². The van der Waals surface area contributed by atoms with Gasteiger partial charge in [-0.25, -0.2) is 4.98 Å². The second-order valence-electron chi connectivity index (χ2n) is 9.53. The van der Waals surface area contributed by atoms with E-state index in [1.54, 1.807) is 0 Å². The van der Waals surface area contributed by atoms with Crippen LogP contribution in [-0.4, -0.2) is 87.0 Å². The molecule has 1 unspecified atom stereocenters. The third-order valence-electron chi connectivity index (χ3n) is 7.44. The summed E-state index contributed by atoms with van der Waals surface area (Å²) in [4.78, 5) is 12.1. The molecule has 4 aliphatic rings. The van der Waals surface area contributed by atoms with Crippen LogP contribution in [-0.2, 0) is 22.3 Å². The van der Waals surface area contributed by atoms with Gasteiger partial charge in [-0.05, 0) is 43.1 Å². The minimum Gasteiger partial charge on any atom is -0.378 e. The van der Waals surface area contributed by atoms with Crippen molar-refractivity contribution in [2.75, 3.05) is 76.4 Å². The summed E-state index contributed by atoms with van der Waals surface area (Å²) in [5, 5.41) is 3.64. The number of aromatic nitrogens is 1. The van der Waals surface area contributed by atoms with E-state index in [0.717, 1.165) is 64.7 Å². The van der Waals surface area contributed by atoms with Crippen molar-refractivity contribution in [1.82, 2.24) is 14.8 Å². The van der Waals surface area contributed by atoms with Gasteiger partial charge in [-0.1, -0.05) is 12.1 Å². The van der Waals surface area contributed by atoms with Crippen LogP contribution in [0.3, 0.4) is 0 Å². The molecule has 6 rings (SSSR count). The van der Waals surface area contributed by atoms with Gasteiger partial charge in [0.05, 0.1) is 25.9 Å². The third-order valence-corrected chi connectivity index (χ3v) is 7.44. The van der Waals surface area contributed by atoms with Gasteiger partial charge in [0.1, 0.15) is 5.82 Å². The predicted molar refractivity (Wildman–Crippen MR) is 126 cm³/mol. The fourth-order valence-corrected chi connectivity index (χ4v) is 5.57. The van der Waals surface area contributed by atoms with Crippen molar-refractivity contribution >= 4 is 17.2 Å². The summed E-state index contributed by atoms with van der Waals surface area (Å²) >= 11 is 0. The number of likely N-dealkylation sites (tertiary alicyclic amines) is 1. The average Bonchev–Trinajstić information content (AvgIpc) is 3.01. The molecule has 1 N–H and O–H groups in total. The first-order valence-corrected chi connectivity index (χ1v) is 12.0. The van der Waals surface area contributed by atoms with Crippen LogP contribution in [0.1, 0.15) is 22.8 Å². The number of fused-ring (bicyclic) bond motifs is 2. The number of likely N-dealkylation sites (N-methyl/N-ethyl adjacent to an activating group) is 1. The quantitative estimate of drug-likeness (QED) is 0.795. The second kappa shape index (κ2) is 8.63. The summed E-state index contributed by atoms with van der Waals surface area (Å²) in [5.74, 6) is 0.995. The summed E-state index contributed by atoms with van der Waals surface area (Å²) in [6.45, 7) is 8.70. The molecule has 0 aliphatic carbocycles. The monoisotopic (exact) mass is 435 g/mol. The summed E-state index contributed by atoms with van der Waals surface area (Å²) in [7, 11) is 2.20. The summed E-state index contributed by atoms with van der Waals surface area (Å²) in [6.07, 6.45) is 4.09. The van der Waals surface area contributed by atoms with E-state index in [-0.39, 0.29) is 6.10 Å². The van der Waals surface area contributed by atoms with Crippen molar-refractivity contribution in [1.29, 1.82) is 0 Å². The first-order valence-electron chi connectivity index (χ1n) is 12.0. The molecule has 3 fully saturated rings. The van der Waals surface area contributed by atoms with Crippen LogP contribution in [0.15, 0.2) is 30.5 Å². The molecule has 0 amide bonds. The lowest BCUT2D eigenvalue weighted by molar-refractivity contribution is -0.0695. The van der Waals surface area contributed by atoms with Crippen LogP contribution in [0.2, 0.25) is 0 Å². The normalized spacial score (nSPS) is 24.8. The fourth-order valence-electron chi connectivity index (χ4n) is 5.57. The van der Waals surface area contributed by atoms with E-state index in [9.17, 15) is 0 Å². The van der Waals surface area contributed by atoms with E-state index in [0.29, 0.717) is 6.04 Å². The number of pyridine rings is 1. The highest BCUT2D eigenvalue weighted by Gasteiger charge is 2.33. The van der Waals surface area contributed by atoms with Crippen LogP contribution in [0.4, 0.5) is 17.2 Å². The molecule has 7 nitrogen and oxygen atoms in total. The minimum absolute atomic E-state index is 0.160. The summed E-state index contributed by atoms with van der Waals surface area (Å²) in [6, 6.07) is 9.68. The lowest BCUT2D eigenvalue weighted by Crippen LogP contribution is -2.60. The SMILES string of the molecule is CN1CC(N2CCOC(c3ccc4c(c3)CCc3c(N5CCOCC5)ccnc3N4)C2)C1. The molecule has 0 bridgehead atoms. The Labute approximate surface area is 190 Å². The molecular weight excluding hydrogens is 402 g/mol. The molecule has 32 heavy (non-hydrogen) atoms. The summed E-state index contributed by atoms with van der Waals surface area (Å²) < 4.78 is 11.8. The number of anilines is 3. The lowest BCUT2D eigenvalue weighted by atomic mass is 9.98. The Bertz CT molecular complexity index is 971. The van der Waals surface area contributed by atoms with Gasteiger partial charge in [-0.3, -0.25) is 4.90 Å². The van der Waals surface area contributed by atoms with Crippen molar-refractivity contribution in [3.8, 4) is 0 Å². The molecule has 7 heteroatoms. The van der Waals surface area contributed by atoms with E-state index >= 15 is 0 Å². The molecule has 0 radical (unpaired) electrons. The van der Waals surface area contributed by atoms with E-state index in [1.807, 2.05) is 6.20 Å². The smallest absolute Gasteiger partial charge is 0.135 e. The van der Waals surface area contributed by atoms with Crippen molar-refractivity contribution in [3.05, 3.63) is 47.2 Å². The van der Waals surface area contributed by atoms with E-state index in [1.165, 1.54) is 41.2 Å². The van der Waals surface area contributed by atoms with Crippen LogP contribution in [0, 0.1) is 0 Å². The Morgan fingerprint density at radius 1 is 1.00 bits per heavy atom. The van der Waals surface area contributed by atoms with Gasteiger partial charge in [-0.15, -0.1) is 0 Å². The highest BCUT2D eigenvalue weighted by molar-refractivity contribution is 5.72. The van der Waals surface area contributed by atoms with Gasteiger partial charge in [0, 0.05) is 68.4 Å². The number of rotatable bonds is 3. The molecule has 170 valence electrons. The second-order valence-corrected chi connectivity index (χ2v) is 9.53. The van der Waals surface area contributed by atoms with Gasteiger partial charge in [0.15, 0.2) is 0 Å². The molecule has 2 aromatic rings. The zero-order chi connectivity index (χ0) is 21.5. The highest BCUT2D eigenvalue weighted by atomic mass is 16.5. The number of ether oxygens (including phenoxy) is 2. The first-order chi connectivity index (χ1) is 15.7. The fraction of sp³-hybridized carbons (Fsp3) is 0.560. The topological polar surface area (TPSA) is 53.1 Å². The maximum Gasteiger partial charge on any atom is 0.135 e. The summed E-state index contributed by atoms with van der Waals surface area (Å²) in [5.41, 5.74) is 6.46. The number of morpholine rings is 2. The van der Waals surface area contributed by atoms with Gasteiger partial charge in [0.25, 0.3) is 0 Å². The van der Waals surface area contributed by atoms with E-state index in [4.69, 9.17) is 14.5 Å². The molecule has 1 aromatic heterocycles. The number of aryl methyl sites for hydroxylation is 1. The Morgan fingerprint density at radius 2 is 1.88 bits per heavy atom. The molecular formula is C25H33N5O2. The molecule has 4 aliphatic heterocycles. The molecule has 1 aromatic carbocycles. The Balaban J connectivity index is 1.21. The first kappa shape index (κ1) is 20.4. The zero-order valence-electron chi connectivity index (χ0n) is 18.9. The van der Waals surface area contributed by atoms with Gasteiger partial charge < -0.3 is 24.6 Å². The number of nitrogens with one attached hydrogen (secondary N) is 1. The molecule has 0 spiro atoms. The van der Waals surface area contributed by atoms with Gasteiger partial charge in [-0.2, -0.15) is 0 Å². The lowest BCUT2D eigenvalue weighted by Gasteiger charge is -2.46. The number of nitrogens with zero attached hydrogens (tertiary/aromatic N) is 4. The van der Waals surface area contributed by atoms with Crippen molar-refractivity contribution in [2.24, 2.45) is 0 Å². The number of hydrogen-bond acceptors (Lipinski definition) is 7. The van der Waals surface area contributed by atoms with E-state index < -0.39 is 0 Å². The maximum atomic E-state index is 6.22. The van der Waals surface area contributed by atoms with Crippen molar-refractivity contribution < 1.29 is 9.47 Å². The van der Waals surface area contributed by atoms with Crippen molar-refractivity contribution in [2.45, 2.75) is 25.0 Å². The van der Waals surface area contributed by atoms with Gasteiger partial charge >= 0.3 is 0 Å². The van der Waals surface area contributed by atoms with Crippen LogP contribution < -0.4 is 10.2 Å². The Hall–Kier alpha value is -2.19. The number of benzene rings is 1. The standard InChI is InChI=1S/C25H33N5O2/c1-28-15-20(16-28)30-10-13-32-24(17-30)19-3-5-22-18(14-19)2-4-21-23(6-7-26-25(21)27-22)29-8-11-31-12-9-29/h3,5-7,14,20,24H,2,4,8-13,15-17H2,1H3,(H,26,27). The predicted octanol–water partition coefficient (Wildman–Crippen LogP) is 2.45. The minimum atomic E-state index is 0.160. The molecule has 0 saturated carbocycles. The molecule has 3 saturated heterocycles. The van der Waals surface area contributed by atoms with Crippen LogP contribution in [0.5, 0.6) is 0 Å². The van der Waals surface area contributed by atoms with Crippen molar-refractivity contribution in [3.63, 3.8) is 0 Å². The highest BCUT2D eigenvalue weighted by Crippen LogP contribution is 2.36. The Morgan fingerprint density at radius 3 is 2.72 bits per heavy atom. The van der Waals surface area contributed by atoms with Gasteiger partial charge in [0.2, 0.25) is 0 Å².